The molecule has 0 bridgehead atoms. The van der Waals surface area contributed by atoms with Gasteiger partial charge in [-0.25, -0.2) is 9.89 Å². The van der Waals surface area contributed by atoms with Gasteiger partial charge in [0.05, 0.1) is 6.42 Å². The molecule has 1 heterocycles. The molecule has 0 aromatic carbocycles. The molecule has 0 amide bonds. The van der Waals surface area contributed by atoms with Crippen LogP contribution in [0.4, 0.5) is 0 Å². The number of nitrogens with one attached hydrogen (secondary N) is 2. The van der Waals surface area contributed by atoms with E-state index in [0.717, 1.165) is 0 Å². The van der Waals surface area contributed by atoms with Crippen molar-refractivity contribution < 1.29 is 4.79 Å². The molecule has 64 valence electrons. The van der Waals surface area contributed by atoms with E-state index in [2.05, 4.69) is 5.10 Å². The lowest BCUT2D eigenvalue weighted by Crippen LogP contribution is -2.28. The van der Waals surface area contributed by atoms with Gasteiger partial charge in [0.15, 0.2) is 0 Å². The highest BCUT2D eigenvalue weighted by molar-refractivity contribution is 5.77. The Morgan fingerprint density at radius 3 is 2.67 bits per heavy atom. The predicted molar refractivity (Wildman–Crippen MR) is 39.9 cm³/mol. The van der Waals surface area contributed by atoms with Gasteiger partial charge >= 0.3 is 5.69 Å². The zero-order valence-electron chi connectivity index (χ0n) is 6.38. The summed E-state index contributed by atoms with van der Waals surface area (Å²) in [6.07, 6.45) is -0.0634. The maximum absolute atomic E-state index is 10.9. The van der Waals surface area contributed by atoms with E-state index in [9.17, 15) is 14.4 Å². The van der Waals surface area contributed by atoms with Gasteiger partial charge in [-0.2, -0.15) is 5.10 Å². The van der Waals surface area contributed by atoms with Crippen molar-refractivity contribution in [2.45, 2.75) is 13.3 Å². The molecule has 0 aliphatic carbocycles. The number of H-pyrrole nitrogens is 2. The fourth-order valence-corrected chi connectivity index (χ4v) is 0.728. The second kappa shape index (κ2) is 3.12. The fourth-order valence-electron chi connectivity index (χ4n) is 0.728. The maximum atomic E-state index is 10.9. The molecule has 0 saturated carbocycles. The number of ketones is 1. The van der Waals surface area contributed by atoms with Gasteiger partial charge in [0.2, 0.25) is 0 Å². The summed E-state index contributed by atoms with van der Waals surface area (Å²) in [4.78, 5) is 33.9. The molecule has 12 heavy (non-hydrogen) atoms. The smallest absolute Gasteiger partial charge is 0.300 e. The van der Waals surface area contributed by atoms with Crippen LogP contribution in [0.15, 0.2) is 9.59 Å². The largest absolute Gasteiger partial charge is 0.342 e. The Bertz CT molecular complexity index is 403. The van der Waals surface area contributed by atoms with Crippen LogP contribution >= 0.6 is 0 Å². The van der Waals surface area contributed by atoms with E-state index >= 15 is 0 Å². The number of hydrogen-bond acceptors (Lipinski definition) is 4. The Kier molecular flexibility index (Phi) is 2.18. The number of carbonyl (C=O) groups excluding carboxylic acids is 1. The molecule has 6 heteroatoms. The summed E-state index contributed by atoms with van der Waals surface area (Å²) < 4.78 is 0. The third kappa shape index (κ3) is 1.88. The number of carbonyl (C=O) groups is 1. The van der Waals surface area contributed by atoms with Crippen LogP contribution in [0.2, 0.25) is 0 Å². The molecular weight excluding hydrogens is 162 g/mol. The van der Waals surface area contributed by atoms with Gasteiger partial charge in [0, 0.05) is 0 Å². The molecule has 0 atom stereocenters. The summed E-state index contributed by atoms with van der Waals surface area (Å²) in [5, 5.41) is 5.45. The molecular formula is C6H7N3O3. The minimum Gasteiger partial charge on any atom is -0.300 e. The van der Waals surface area contributed by atoms with Crippen molar-refractivity contribution in [1.29, 1.82) is 0 Å². The molecule has 0 spiro atoms. The molecule has 6 nitrogen and oxygen atoms in total. The topological polar surface area (TPSA) is 95.7 Å². The summed E-state index contributed by atoms with van der Waals surface area (Å²) in [5.41, 5.74) is -1.26. The number of Topliss-reactive ketones (excluding diaryl/α,β-unsaturated/α-hetero) is 1. The van der Waals surface area contributed by atoms with Crippen LogP contribution in [0.25, 0.3) is 0 Å². The molecule has 0 fully saturated rings. The van der Waals surface area contributed by atoms with E-state index in [4.69, 9.17) is 0 Å². The van der Waals surface area contributed by atoms with Crippen molar-refractivity contribution in [3.8, 4) is 0 Å². The Labute approximate surface area is 66.6 Å². The van der Waals surface area contributed by atoms with E-state index in [1.54, 1.807) is 0 Å². The van der Waals surface area contributed by atoms with Gasteiger partial charge in [-0.15, -0.1) is 0 Å². The standard InChI is InChI=1S/C6H7N3O3/c1-3(10)2-4-5(11)7-6(12)9-8-4/h2H2,1H3,(H2,7,9,11,12). The van der Waals surface area contributed by atoms with Crippen LogP contribution in [0, 0.1) is 0 Å². The first-order chi connectivity index (χ1) is 5.59. The number of aromatic amines is 2. The molecule has 0 saturated heterocycles. The van der Waals surface area contributed by atoms with Crippen LogP contribution in [0.3, 0.4) is 0 Å². The van der Waals surface area contributed by atoms with Gasteiger partial charge in [-0.05, 0) is 6.92 Å². The summed E-state index contributed by atoms with van der Waals surface area (Å²) in [7, 11) is 0. The fraction of sp³-hybridized carbons (Fsp3) is 0.333. The maximum Gasteiger partial charge on any atom is 0.342 e. The average Bonchev–Trinajstić information content (AvgIpc) is 1.94. The summed E-state index contributed by atoms with van der Waals surface area (Å²) in [6.45, 7) is 1.34. The minimum atomic E-state index is -0.674. The lowest BCUT2D eigenvalue weighted by Gasteiger charge is -1.91. The molecule has 2 N–H and O–H groups in total. The number of aromatic nitrogens is 3. The predicted octanol–water partition coefficient (Wildman–Crippen LogP) is -1.41. The van der Waals surface area contributed by atoms with Gasteiger partial charge in [-0.1, -0.05) is 0 Å². The Hall–Kier alpha value is -1.72. The average molecular weight is 169 g/mol. The summed E-state index contributed by atoms with van der Waals surface area (Å²) in [5.74, 6) is -0.181. The minimum absolute atomic E-state index is 0.0297. The highest BCUT2D eigenvalue weighted by atomic mass is 16.2. The van der Waals surface area contributed by atoms with Crippen LogP contribution in [-0.4, -0.2) is 21.0 Å². The lowest BCUT2D eigenvalue weighted by atomic mass is 10.2. The molecule has 0 unspecified atom stereocenters. The van der Waals surface area contributed by atoms with E-state index < -0.39 is 11.2 Å². The van der Waals surface area contributed by atoms with Gasteiger partial charge in [0.1, 0.15) is 11.5 Å². The van der Waals surface area contributed by atoms with Crippen molar-refractivity contribution in [3.63, 3.8) is 0 Å². The zero-order chi connectivity index (χ0) is 9.14. The quantitative estimate of drug-likeness (QED) is 0.568. The van der Waals surface area contributed by atoms with E-state index in [1.807, 2.05) is 10.1 Å². The molecule has 1 rings (SSSR count). The second-order valence-electron chi connectivity index (χ2n) is 2.33. The van der Waals surface area contributed by atoms with Crippen molar-refractivity contribution in [3.05, 3.63) is 26.5 Å². The third-order valence-electron chi connectivity index (χ3n) is 1.20. The first-order valence-corrected chi connectivity index (χ1v) is 3.27. The van der Waals surface area contributed by atoms with Gasteiger partial charge in [0.25, 0.3) is 5.56 Å². The zero-order valence-corrected chi connectivity index (χ0v) is 6.38. The molecule has 1 aromatic heterocycles. The summed E-state index contributed by atoms with van der Waals surface area (Å²) in [6, 6.07) is 0. The number of hydrogen-bond donors (Lipinski definition) is 2. The first-order valence-electron chi connectivity index (χ1n) is 3.27. The monoisotopic (exact) mass is 169 g/mol. The van der Waals surface area contributed by atoms with Crippen molar-refractivity contribution in [2.24, 2.45) is 0 Å². The highest BCUT2D eigenvalue weighted by Gasteiger charge is 2.04. The second-order valence-corrected chi connectivity index (χ2v) is 2.33. The van der Waals surface area contributed by atoms with Crippen molar-refractivity contribution in [1.82, 2.24) is 15.2 Å². The van der Waals surface area contributed by atoms with E-state index in [-0.39, 0.29) is 17.9 Å². The normalized spacial score (nSPS) is 9.75. The Morgan fingerprint density at radius 2 is 2.17 bits per heavy atom. The third-order valence-corrected chi connectivity index (χ3v) is 1.20. The van der Waals surface area contributed by atoms with Crippen molar-refractivity contribution >= 4 is 5.78 Å². The van der Waals surface area contributed by atoms with Crippen LogP contribution < -0.4 is 11.2 Å². The highest BCUT2D eigenvalue weighted by Crippen LogP contribution is 1.82. The van der Waals surface area contributed by atoms with Crippen molar-refractivity contribution in [2.75, 3.05) is 0 Å². The Balaban J connectivity index is 3.10. The molecule has 0 aliphatic rings. The summed E-state index contributed by atoms with van der Waals surface area (Å²) >= 11 is 0. The van der Waals surface area contributed by atoms with Gasteiger partial charge < -0.3 is 0 Å². The molecule has 0 aliphatic heterocycles. The van der Waals surface area contributed by atoms with Crippen LogP contribution in [-0.2, 0) is 11.2 Å². The Morgan fingerprint density at radius 1 is 1.50 bits per heavy atom. The molecule has 0 radical (unpaired) electrons. The number of rotatable bonds is 2. The number of nitrogens with zero attached hydrogens (tertiary/aromatic N) is 1. The lowest BCUT2D eigenvalue weighted by molar-refractivity contribution is -0.116. The first kappa shape index (κ1) is 8.38. The van der Waals surface area contributed by atoms with Gasteiger partial charge in [-0.3, -0.25) is 14.6 Å². The van der Waals surface area contributed by atoms with Crippen LogP contribution in [0.5, 0.6) is 0 Å². The molecule has 1 aromatic rings. The van der Waals surface area contributed by atoms with Crippen LogP contribution in [0.1, 0.15) is 12.6 Å². The SMILES string of the molecule is CC(=O)Cc1n[nH]c(=O)[nH]c1=O. The van der Waals surface area contributed by atoms with E-state index in [1.165, 1.54) is 6.92 Å². The van der Waals surface area contributed by atoms with E-state index in [0.29, 0.717) is 0 Å².